The van der Waals surface area contributed by atoms with Crippen LogP contribution in [0.3, 0.4) is 0 Å². The summed E-state index contributed by atoms with van der Waals surface area (Å²) in [7, 11) is 0. The Bertz CT molecular complexity index is 1170. The normalized spacial score (nSPS) is 12.1. The highest BCUT2D eigenvalue weighted by molar-refractivity contribution is 8.00. The topological polar surface area (TPSA) is 54.9 Å². The number of rotatable bonds is 5. The molecule has 2 aromatic carbocycles. The summed E-state index contributed by atoms with van der Waals surface area (Å²) in [5, 5.41) is 6.26. The summed E-state index contributed by atoms with van der Waals surface area (Å²) in [6.45, 7) is 3.82. The fourth-order valence-corrected chi connectivity index (χ4v) is 4.86. The third-order valence-corrected chi connectivity index (χ3v) is 6.54. The molecular formula is C22H18FN3OS2. The zero-order valence-electron chi connectivity index (χ0n) is 15.8. The van der Waals surface area contributed by atoms with Crippen molar-refractivity contribution in [1.82, 2.24) is 9.97 Å². The zero-order valence-corrected chi connectivity index (χ0v) is 17.5. The van der Waals surface area contributed by atoms with Crippen molar-refractivity contribution in [2.45, 2.75) is 24.1 Å². The van der Waals surface area contributed by atoms with E-state index in [1.54, 1.807) is 12.1 Å². The van der Waals surface area contributed by atoms with Gasteiger partial charge in [0.15, 0.2) is 0 Å². The van der Waals surface area contributed by atoms with Gasteiger partial charge in [-0.1, -0.05) is 42.1 Å². The first-order valence-electron chi connectivity index (χ1n) is 9.04. The molecule has 1 N–H and O–H groups in total. The number of anilines is 1. The molecule has 2 heterocycles. The summed E-state index contributed by atoms with van der Waals surface area (Å²) >= 11 is 2.90. The van der Waals surface area contributed by atoms with Crippen molar-refractivity contribution in [3.8, 4) is 11.1 Å². The van der Waals surface area contributed by atoms with Gasteiger partial charge in [-0.2, -0.15) is 0 Å². The van der Waals surface area contributed by atoms with E-state index in [4.69, 9.17) is 0 Å². The number of thioether (sulfide) groups is 1. The van der Waals surface area contributed by atoms with Gasteiger partial charge < -0.3 is 5.32 Å². The average molecular weight is 424 g/mol. The van der Waals surface area contributed by atoms with Crippen LogP contribution in [0.1, 0.15) is 12.5 Å². The predicted octanol–water partition coefficient (Wildman–Crippen LogP) is 5.93. The Morgan fingerprint density at radius 3 is 2.66 bits per heavy atom. The Morgan fingerprint density at radius 2 is 1.90 bits per heavy atom. The highest BCUT2D eigenvalue weighted by Gasteiger charge is 2.20. The maximum Gasteiger partial charge on any atom is 0.237 e. The number of fused-ring (bicyclic) bond motifs is 1. The second-order valence-electron chi connectivity index (χ2n) is 6.58. The van der Waals surface area contributed by atoms with Crippen molar-refractivity contribution >= 4 is 44.9 Å². The summed E-state index contributed by atoms with van der Waals surface area (Å²) in [5.74, 6) is -0.366. The Hall–Kier alpha value is -2.77. The minimum absolute atomic E-state index is 0.0883. The van der Waals surface area contributed by atoms with Gasteiger partial charge in [0.05, 0.1) is 10.6 Å². The number of nitrogens with one attached hydrogen (secondary N) is 1. The summed E-state index contributed by atoms with van der Waals surface area (Å²) in [6.07, 6.45) is 1.52. The molecule has 0 aliphatic carbocycles. The van der Waals surface area contributed by atoms with Gasteiger partial charge in [0.2, 0.25) is 5.91 Å². The van der Waals surface area contributed by atoms with Crippen LogP contribution in [0.25, 0.3) is 21.3 Å². The van der Waals surface area contributed by atoms with Crippen molar-refractivity contribution in [1.29, 1.82) is 0 Å². The van der Waals surface area contributed by atoms with Crippen LogP contribution in [0, 0.1) is 12.7 Å². The van der Waals surface area contributed by atoms with Gasteiger partial charge in [0.1, 0.15) is 22.0 Å². The van der Waals surface area contributed by atoms with Crippen molar-refractivity contribution in [2.24, 2.45) is 0 Å². The van der Waals surface area contributed by atoms with Crippen LogP contribution in [0.2, 0.25) is 0 Å². The minimum atomic E-state index is -0.353. The number of para-hydroxylation sites is 1. The van der Waals surface area contributed by atoms with Crippen LogP contribution in [0.4, 0.5) is 10.1 Å². The number of aryl methyl sites for hydroxylation is 1. The number of thiophene rings is 1. The first-order chi connectivity index (χ1) is 14.0. The van der Waals surface area contributed by atoms with E-state index < -0.39 is 0 Å². The molecule has 0 spiro atoms. The van der Waals surface area contributed by atoms with Crippen molar-refractivity contribution in [2.75, 3.05) is 5.32 Å². The molecule has 0 radical (unpaired) electrons. The molecule has 1 unspecified atom stereocenters. The van der Waals surface area contributed by atoms with Crippen molar-refractivity contribution in [3.05, 3.63) is 71.6 Å². The Labute approximate surface area is 176 Å². The minimum Gasteiger partial charge on any atom is -0.325 e. The van der Waals surface area contributed by atoms with Crippen LogP contribution >= 0.6 is 23.1 Å². The number of halogens is 1. The van der Waals surface area contributed by atoms with Crippen LogP contribution in [-0.4, -0.2) is 21.1 Å². The zero-order chi connectivity index (χ0) is 20.4. The van der Waals surface area contributed by atoms with E-state index >= 15 is 0 Å². The molecule has 4 rings (SSSR count). The molecule has 2 aromatic heterocycles. The number of amides is 1. The summed E-state index contributed by atoms with van der Waals surface area (Å²) in [4.78, 5) is 22.4. The molecule has 0 fully saturated rings. The number of hydrogen-bond donors (Lipinski definition) is 1. The standard InChI is InChI=1S/C22H18FN3OS2/c1-13-5-3-4-6-18(13)26-20(27)14(2)29-22-19-17(11-28-21(19)24-12-25-22)15-7-9-16(23)10-8-15/h3-12,14H,1-2H3,(H,26,27). The Kier molecular flexibility index (Phi) is 5.60. The lowest BCUT2D eigenvalue weighted by atomic mass is 10.1. The van der Waals surface area contributed by atoms with Gasteiger partial charge in [-0.3, -0.25) is 4.79 Å². The van der Waals surface area contributed by atoms with Gasteiger partial charge in [-0.25, -0.2) is 14.4 Å². The molecule has 0 saturated carbocycles. The Morgan fingerprint density at radius 1 is 1.14 bits per heavy atom. The first kappa shape index (κ1) is 19.5. The molecule has 1 amide bonds. The second-order valence-corrected chi connectivity index (χ2v) is 8.77. The molecule has 0 saturated heterocycles. The number of nitrogens with zero attached hydrogens (tertiary/aromatic N) is 2. The SMILES string of the molecule is Cc1ccccc1NC(=O)C(C)Sc1ncnc2scc(-c3ccc(F)cc3)c12. The molecule has 0 aliphatic heterocycles. The van der Waals surface area contributed by atoms with E-state index in [2.05, 4.69) is 15.3 Å². The fraction of sp³-hybridized carbons (Fsp3) is 0.136. The third kappa shape index (κ3) is 4.16. The third-order valence-electron chi connectivity index (χ3n) is 4.55. The van der Waals surface area contributed by atoms with Crippen LogP contribution in [0.5, 0.6) is 0 Å². The highest BCUT2D eigenvalue weighted by Crippen LogP contribution is 2.39. The second kappa shape index (κ2) is 8.31. The number of carbonyl (C=O) groups is 1. The molecule has 4 aromatic rings. The molecular weight excluding hydrogens is 405 g/mol. The fourth-order valence-electron chi connectivity index (χ4n) is 2.95. The van der Waals surface area contributed by atoms with E-state index in [1.165, 1.54) is 41.6 Å². The quantitative estimate of drug-likeness (QED) is 0.319. The largest absolute Gasteiger partial charge is 0.325 e. The van der Waals surface area contributed by atoms with E-state index in [0.29, 0.717) is 0 Å². The van der Waals surface area contributed by atoms with E-state index in [-0.39, 0.29) is 17.0 Å². The lowest BCUT2D eigenvalue weighted by molar-refractivity contribution is -0.115. The van der Waals surface area contributed by atoms with Gasteiger partial charge >= 0.3 is 0 Å². The van der Waals surface area contributed by atoms with Gasteiger partial charge in [0.25, 0.3) is 0 Å². The van der Waals surface area contributed by atoms with E-state index in [1.807, 2.05) is 43.5 Å². The molecule has 0 bridgehead atoms. The Balaban J connectivity index is 1.62. The molecule has 146 valence electrons. The van der Waals surface area contributed by atoms with E-state index in [9.17, 15) is 9.18 Å². The van der Waals surface area contributed by atoms with Gasteiger partial charge in [0, 0.05) is 16.6 Å². The summed E-state index contributed by atoms with van der Waals surface area (Å²) in [6, 6.07) is 14.0. The van der Waals surface area contributed by atoms with E-state index in [0.717, 1.165) is 37.6 Å². The average Bonchev–Trinajstić information content (AvgIpc) is 3.15. The molecule has 1 atom stereocenters. The summed E-state index contributed by atoms with van der Waals surface area (Å²) in [5.41, 5.74) is 3.66. The number of aromatic nitrogens is 2. The smallest absolute Gasteiger partial charge is 0.237 e. The lowest BCUT2D eigenvalue weighted by Crippen LogP contribution is -2.23. The summed E-state index contributed by atoms with van der Waals surface area (Å²) < 4.78 is 13.3. The molecule has 7 heteroatoms. The monoisotopic (exact) mass is 423 g/mol. The first-order valence-corrected chi connectivity index (χ1v) is 10.8. The van der Waals surface area contributed by atoms with Gasteiger partial charge in [-0.15, -0.1) is 11.3 Å². The molecule has 29 heavy (non-hydrogen) atoms. The van der Waals surface area contributed by atoms with Crippen molar-refractivity contribution < 1.29 is 9.18 Å². The number of hydrogen-bond acceptors (Lipinski definition) is 5. The van der Waals surface area contributed by atoms with Crippen LogP contribution in [-0.2, 0) is 4.79 Å². The van der Waals surface area contributed by atoms with Crippen LogP contribution < -0.4 is 5.32 Å². The van der Waals surface area contributed by atoms with Gasteiger partial charge in [-0.05, 0) is 43.2 Å². The maximum atomic E-state index is 13.3. The predicted molar refractivity (Wildman–Crippen MR) is 118 cm³/mol. The van der Waals surface area contributed by atoms with Crippen molar-refractivity contribution in [3.63, 3.8) is 0 Å². The maximum absolute atomic E-state index is 13.3. The molecule has 0 aliphatic rings. The molecule has 4 nitrogen and oxygen atoms in total. The lowest BCUT2D eigenvalue weighted by Gasteiger charge is -2.14. The number of benzene rings is 2. The number of carbonyl (C=O) groups excluding carboxylic acids is 1. The highest BCUT2D eigenvalue weighted by atomic mass is 32.2. The van der Waals surface area contributed by atoms with Crippen LogP contribution in [0.15, 0.2) is 65.3 Å².